The third-order valence-electron chi connectivity index (χ3n) is 2.26. The van der Waals surface area contributed by atoms with Crippen LogP contribution in [0, 0.1) is 0 Å². The summed E-state index contributed by atoms with van der Waals surface area (Å²) in [4.78, 5) is -0.0414. The van der Waals surface area contributed by atoms with E-state index in [1.54, 1.807) is 26.0 Å². The lowest BCUT2D eigenvalue weighted by molar-refractivity contribution is 0.222. The minimum Gasteiger partial charge on any atom is -0.307 e. The van der Waals surface area contributed by atoms with Crippen LogP contribution in [0.1, 0.15) is 13.8 Å². The molecular weight excluding hydrogens is 391 g/mol. The first-order chi connectivity index (χ1) is 9.28. The highest BCUT2D eigenvalue weighted by molar-refractivity contribution is 9.10. The van der Waals surface area contributed by atoms with Gasteiger partial charge in [0, 0.05) is 4.47 Å². The summed E-state index contributed by atoms with van der Waals surface area (Å²) in [5.74, 6) is 0. The smallest absolute Gasteiger partial charge is 0.307 e. The maximum absolute atomic E-state index is 12.4. The molecule has 0 heterocycles. The molecule has 0 saturated heterocycles. The fourth-order valence-electron chi connectivity index (χ4n) is 1.42. The van der Waals surface area contributed by atoms with Crippen LogP contribution in [-0.4, -0.2) is 26.1 Å². The largest absolute Gasteiger partial charge is 0.364 e. The third-order valence-corrected chi connectivity index (χ3v) is 9.00. The lowest BCUT2D eigenvalue weighted by Gasteiger charge is -2.21. The summed E-state index contributed by atoms with van der Waals surface area (Å²) >= 11 is 9.11. The van der Waals surface area contributed by atoms with Crippen LogP contribution in [-0.2, 0) is 23.4 Å². The predicted octanol–water partition coefficient (Wildman–Crippen LogP) is 4.01. The van der Waals surface area contributed by atoms with Gasteiger partial charge in [-0.25, -0.2) is 8.42 Å². The molecule has 0 spiro atoms. The van der Waals surface area contributed by atoms with Gasteiger partial charge in [-0.15, -0.1) is 0 Å². The van der Waals surface area contributed by atoms with E-state index in [0.29, 0.717) is 0 Å². The molecule has 0 aliphatic carbocycles. The topological polar surface area (TPSA) is 69.7 Å². The summed E-state index contributed by atoms with van der Waals surface area (Å²) in [6, 6.07) is 5.86. The van der Waals surface area contributed by atoms with Crippen molar-refractivity contribution in [3.63, 3.8) is 0 Å². The van der Waals surface area contributed by atoms with Crippen LogP contribution >= 0.6 is 35.1 Å². The van der Waals surface area contributed by atoms with E-state index >= 15 is 0 Å². The van der Waals surface area contributed by atoms with Crippen LogP contribution in [0.5, 0.6) is 0 Å². The number of benzene rings is 1. The van der Waals surface area contributed by atoms with Gasteiger partial charge in [-0.05, 0) is 38.1 Å². The number of hydrogen-bond acceptors (Lipinski definition) is 5. The standard InChI is InChI=1S/C11H15BrClO5PS/c1-3-17-19(14,18-4-2)11(13)20(15,16)10-7-5-9(12)6-8-10/h5-8,11H,3-4H2,1-2H3. The van der Waals surface area contributed by atoms with Crippen molar-refractivity contribution >= 4 is 45.0 Å². The van der Waals surface area contributed by atoms with Crippen LogP contribution in [0.3, 0.4) is 0 Å². The maximum Gasteiger partial charge on any atom is 0.364 e. The highest BCUT2D eigenvalue weighted by Crippen LogP contribution is 2.57. The second kappa shape index (κ2) is 7.38. The molecule has 0 bridgehead atoms. The van der Waals surface area contributed by atoms with Crippen LogP contribution in [0.25, 0.3) is 0 Å². The number of sulfone groups is 1. The zero-order valence-electron chi connectivity index (χ0n) is 11.0. The second-order valence-electron chi connectivity index (χ2n) is 3.67. The van der Waals surface area contributed by atoms with Crippen LogP contribution < -0.4 is 0 Å². The summed E-state index contributed by atoms with van der Waals surface area (Å²) in [5.41, 5.74) is 0. The fourth-order valence-corrected chi connectivity index (χ4v) is 6.19. The van der Waals surface area contributed by atoms with Crippen LogP contribution in [0.2, 0.25) is 0 Å². The Balaban J connectivity index is 3.19. The van der Waals surface area contributed by atoms with Crippen molar-refractivity contribution in [2.24, 2.45) is 0 Å². The lowest BCUT2D eigenvalue weighted by atomic mass is 10.4. The zero-order valence-corrected chi connectivity index (χ0v) is 15.0. The molecule has 0 aliphatic rings. The van der Waals surface area contributed by atoms with Crippen molar-refractivity contribution in [1.82, 2.24) is 0 Å². The van der Waals surface area contributed by atoms with Gasteiger partial charge in [0.25, 0.3) is 0 Å². The predicted molar refractivity (Wildman–Crippen MR) is 81.8 cm³/mol. The Labute approximate surface area is 132 Å². The van der Waals surface area contributed by atoms with E-state index in [4.69, 9.17) is 20.6 Å². The molecule has 0 aromatic heterocycles. The Kier molecular flexibility index (Phi) is 6.70. The molecule has 1 aromatic rings. The van der Waals surface area contributed by atoms with Crippen molar-refractivity contribution in [3.05, 3.63) is 28.7 Å². The summed E-state index contributed by atoms with van der Waals surface area (Å²) in [5, 5.41) is 0. The molecule has 0 radical (unpaired) electrons. The Bertz CT molecular complexity index is 579. The molecule has 0 saturated carbocycles. The van der Waals surface area contributed by atoms with E-state index in [1.807, 2.05) is 0 Å². The van der Waals surface area contributed by atoms with E-state index in [2.05, 4.69) is 15.9 Å². The molecule has 114 valence electrons. The molecule has 9 heteroatoms. The van der Waals surface area contributed by atoms with E-state index in [9.17, 15) is 13.0 Å². The van der Waals surface area contributed by atoms with Gasteiger partial charge in [0.05, 0.1) is 18.1 Å². The van der Waals surface area contributed by atoms with Crippen molar-refractivity contribution in [3.8, 4) is 0 Å². The third kappa shape index (κ3) is 4.06. The minimum atomic E-state index is -4.03. The molecule has 0 amide bonds. The fraction of sp³-hybridized carbons (Fsp3) is 0.455. The summed E-state index contributed by atoms with van der Waals surface area (Å²) in [6.45, 7) is 3.25. The molecule has 20 heavy (non-hydrogen) atoms. The van der Waals surface area contributed by atoms with E-state index in [0.717, 1.165) is 4.47 Å². The average Bonchev–Trinajstić information content (AvgIpc) is 2.39. The number of halogens is 2. The molecule has 0 aliphatic heterocycles. The maximum atomic E-state index is 12.4. The monoisotopic (exact) mass is 404 g/mol. The van der Waals surface area contributed by atoms with Gasteiger partial charge < -0.3 is 9.05 Å². The lowest BCUT2D eigenvalue weighted by Crippen LogP contribution is -2.19. The Hall–Kier alpha value is 0.0900. The van der Waals surface area contributed by atoms with E-state index < -0.39 is 21.9 Å². The van der Waals surface area contributed by atoms with Gasteiger partial charge in [-0.3, -0.25) is 4.57 Å². The normalized spacial score (nSPS) is 14.2. The first kappa shape index (κ1) is 18.1. The molecule has 1 aromatic carbocycles. The Morgan fingerprint density at radius 2 is 1.65 bits per heavy atom. The van der Waals surface area contributed by atoms with Crippen molar-refractivity contribution in [2.75, 3.05) is 13.2 Å². The van der Waals surface area contributed by atoms with E-state index in [-0.39, 0.29) is 18.1 Å². The Morgan fingerprint density at radius 3 is 2.05 bits per heavy atom. The number of alkyl halides is 1. The highest BCUT2D eigenvalue weighted by Gasteiger charge is 2.44. The SMILES string of the molecule is CCOP(=O)(OCC)C(Cl)S(=O)(=O)c1ccc(Br)cc1. The number of hydrogen-bond donors (Lipinski definition) is 0. The summed E-state index contributed by atoms with van der Waals surface area (Å²) in [7, 11) is -7.97. The van der Waals surface area contributed by atoms with Gasteiger partial charge in [-0.1, -0.05) is 27.5 Å². The van der Waals surface area contributed by atoms with Gasteiger partial charge in [-0.2, -0.15) is 0 Å². The Morgan fingerprint density at radius 1 is 1.20 bits per heavy atom. The quantitative estimate of drug-likeness (QED) is 0.506. The van der Waals surface area contributed by atoms with Gasteiger partial charge in [0.1, 0.15) is 0 Å². The molecule has 1 atom stereocenters. The van der Waals surface area contributed by atoms with E-state index in [1.165, 1.54) is 12.1 Å². The molecular formula is C11H15BrClO5PS. The van der Waals surface area contributed by atoms with Crippen LogP contribution in [0.15, 0.2) is 33.6 Å². The average molecular weight is 406 g/mol. The zero-order chi connectivity index (χ0) is 15.4. The molecule has 0 fully saturated rings. The van der Waals surface area contributed by atoms with Crippen LogP contribution in [0.4, 0.5) is 0 Å². The summed E-state index contributed by atoms with van der Waals surface area (Å²) < 4.78 is 46.0. The first-order valence-electron chi connectivity index (χ1n) is 5.80. The van der Waals surface area contributed by atoms with Gasteiger partial charge in [0.15, 0.2) is 0 Å². The molecule has 0 N–H and O–H groups in total. The minimum absolute atomic E-state index is 0.0381. The van der Waals surface area contributed by atoms with Gasteiger partial charge in [0.2, 0.25) is 14.3 Å². The van der Waals surface area contributed by atoms with Gasteiger partial charge >= 0.3 is 7.60 Å². The van der Waals surface area contributed by atoms with Crippen molar-refractivity contribution < 1.29 is 22.0 Å². The van der Waals surface area contributed by atoms with Crippen molar-refractivity contribution in [2.45, 2.75) is 23.2 Å². The molecule has 1 unspecified atom stereocenters. The first-order valence-corrected chi connectivity index (χ1v) is 10.2. The molecule has 5 nitrogen and oxygen atoms in total. The summed E-state index contributed by atoms with van der Waals surface area (Å²) in [6.07, 6.45) is 0. The number of rotatable bonds is 7. The van der Waals surface area contributed by atoms with Crippen molar-refractivity contribution in [1.29, 1.82) is 0 Å². The highest BCUT2D eigenvalue weighted by atomic mass is 79.9. The second-order valence-corrected chi connectivity index (χ2v) is 10.1. The molecule has 1 rings (SSSR count).